The second-order valence-corrected chi connectivity index (χ2v) is 6.91. The molecule has 7 heteroatoms. The zero-order valence-electron chi connectivity index (χ0n) is 11.7. The van der Waals surface area contributed by atoms with E-state index < -0.39 is 12.1 Å². The van der Waals surface area contributed by atoms with Crippen molar-refractivity contribution in [2.75, 3.05) is 5.32 Å². The number of anilines is 1. The van der Waals surface area contributed by atoms with Crippen molar-refractivity contribution in [1.29, 1.82) is 0 Å². The zero-order valence-corrected chi connectivity index (χ0v) is 12.5. The first-order chi connectivity index (χ1) is 9.34. The first-order valence-electron chi connectivity index (χ1n) is 7.00. The molecule has 1 aliphatic carbocycles. The maximum atomic E-state index is 12.7. The van der Waals surface area contributed by atoms with E-state index >= 15 is 0 Å². The van der Waals surface area contributed by atoms with E-state index in [0.717, 1.165) is 17.8 Å². The summed E-state index contributed by atoms with van der Waals surface area (Å²) < 4.78 is 38.2. The molecule has 0 aliphatic heterocycles. The van der Waals surface area contributed by atoms with Crippen LogP contribution in [0.1, 0.15) is 44.5 Å². The van der Waals surface area contributed by atoms with E-state index in [2.05, 4.69) is 29.4 Å². The molecule has 1 N–H and O–H groups in total. The molecule has 114 valence electrons. The highest BCUT2D eigenvalue weighted by molar-refractivity contribution is 7.15. The van der Waals surface area contributed by atoms with Crippen molar-refractivity contribution in [3.63, 3.8) is 0 Å². The van der Waals surface area contributed by atoms with Gasteiger partial charge in [-0.25, -0.2) is 0 Å². The maximum absolute atomic E-state index is 12.7. The molecule has 3 nitrogen and oxygen atoms in total. The number of rotatable bonds is 4. The lowest BCUT2D eigenvalue weighted by molar-refractivity contribution is -0.182. The largest absolute Gasteiger partial charge is 0.391 e. The number of alkyl halides is 3. The first-order valence-corrected chi connectivity index (χ1v) is 7.82. The lowest BCUT2D eigenvalue weighted by Crippen LogP contribution is -2.34. The monoisotopic (exact) mass is 307 g/mol. The minimum atomic E-state index is -4.08. The van der Waals surface area contributed by atoms with E-state index in [1.807, 2.05) is 0 Å². The lowest BCUT2D eigenvalue weighted by atomic mass is 9.85. The molecule has 20 heavy (non-hydrogen) atoms. The summed E-state index contributed by atoms with van der Waals surface area (Å²) in [4.78, 5) is 0. The first kappa shape index (κ1) is 15.5. The smallest absolute Gasteiger partial charge is 0.357 e. The van der Waals surface area contributed by atoms with E-state index in [0.29, 0.717) is 17.5 Å². The van der Waals surface area contributed by atoms with Gasteiger partial charge in [0.2, 0.25) is 5.13 Å². The number of nitrogens with one attached hydrogen (secondary N) is 1. The van der Waals surface area contributed by atoms with Crippen molar-refractivity contribution >= 4 is 16.5 Å². The molecule has 0 amide bonds. The molecular formula is C13H20F3N3S. The fraction of sp³-hybridized carbons (Fsp3) is 0.846. The van der Waals surface area contributed by atoms with Gasteiger partial charge in [0, 0.05) is 12.5 Å². The molecule has 1 saturated carbocycles. The van der Waals surface area contributed by atoms with E-state index in [9.17, 15) is 13.2 Å². The Labute approximate surface area is 121 Å². The van der Waals surface area contributed by atoms with E-state index in [-0.39, 0.29) is 18.9 Å². The van der Waals surface area contributed by atoms with Gasteiger partial charge in [-0.2, -0.15) is 13.2 Å². The Balaban J connectivity index is 1.91. The third kappa shape index (κ3) is 4.33. The van der Waals surface area contributed by atoms with Gasteiger partial charge in [0.05, 0.1) is 5.92 Å². The van der Waals surface area contributed by atoms with Crippen LogP contribution in [0.25, 0.3) is 0 Å². The lowest BCUT2D eigenvalue weighted by Gasteiger charge is -2.30. The third-order valence-electron chi connectivity index (χ3n) is 3.51. The van der Waals surface area contributed by atoms with Crippen LogP contribution in [0.2, 0.25) is 0 Å². The molecule has 1 aromatic heterocycles. The summed E-state index contributed by atoms with van der Waals surface area (Å²) in [6.07, 6.45) is -1.45. The highest BCUT2D eigenvalue weighted by Gasteiger charge is 2.42. The Morgan fingerprint density at radius 3 is 2.70 bits per heavy atom. The van der Waals surface area contributed by atoms with Crippen molar-refractivity contribution in [1.82, 2.24) is 10.2 Å². The van der Waals surface area contributed by atoms with Gasteiger partial charge in [0.1, 0.15) is 5.01 Å². The molecule has 0 aromatic carbocycles. The van der Waals surface area contributed by atoms with Gasteiger partial charge in [-0.1, -0.05) is 31.6 Å². The fourth-order valence-electron chi connectivity index (χ4n) is 2.54. The Kier molecular flexibility index (Phi) is 4.88. The van der Waals surface area contributed by atoms with Crippen molar-refractivity contribution < 1.29 is 13.2 Å². The molecular weight excluding hydrogens is 287 g/mol. The van der Waals surface area contributed by atoms with Crippen molar-refractivity contribution in [2.45, 2.75) is 58.2 Å². The quantitative estimate of drug-likeness (QED) is 0.902. The fourth-order valence-corrected chi connectivity index (χ4v) is 3.57. The van der Waals surface area contributed by atoms with Crippen LogP contribution in [0.3, 0.4) is 0 Å². The van der Waals surface area contributed by atoms with Gasteiger partial charge in [-0.3, -0.25) is 0 Å². The van der Waals surface area contributed by atoms with Crippen LogP contribution in [0.5, 0.6) is 0 Å². The van der Waals surface area contributed by atoms with Crippen molar-refractivity contribution in [3.05, 3.63) is 5.01 Å². The summed E-state index contributed by atoms with van der Waals surface area (Å²) in [7, 11) is 0. The molecule has 1 heterocycles. The Bertz CT molecular complexity index is 431. The van der Waals surface area contributed by atoms with Gasteiger partial charge >= 0.3 is 6.18 Å². The summed E-state index contributed by atoms with van der Waals surface area (Å²) in [6.45, 7) is 4.20. The van der Waals surface area contributed by atoms with Crippen LogP contribution < -0.4 is 5.32 Å². The van der Waals surface area contributed by atoms with Crippen LogP contribution in [0, 0.1) is 11.8 Å². The second-order valence-electron chi connectivity index (χ2n) is 5.85. The van der Waals surface area contributed by atoms with Gasteiger partial charge in [-0.15, -0.1) is 10.2 Å². The van der Waals surface area contributed by atoms with Gasteiger partial charge in [0.15, 0.2) is 0 Å². The molecule has 1 aliphatic rings. The van der Waals surface area contributed by atoms with Gasteiger partial charge in [-0.05, 0) is 25.2 Å². The minimum Gasteiger partial charge on any atom is -0.357 e. The average molecular weight is 307 g/mol. The van der Waals surface area contributed by atoms with Crippen LogP contribution >= 0.6 is 11.3 Å². The number of hydrogen-bond donors (Lipinski definition) is 1. The Morgan fingerprint density at radius 2 is 2.05 bits per heavy atom. The average Bonchev–Trinajstić information content (AvgIpc) is 2.75. The number of hydrogen-bond acceptors (Lipinski definition) is 4. The molecule has 2 atom stereocenters. The molecule has 0 spiro atoms. The normalized spacial score (nSPS) is 24.1. The maximum Gasteiger partial charge on any atom is 0.391 e. The van der Waals surface area contributed by atoms with Crippen molar-refractivity contribution in [2.24, 2.45) is 11.8 Å². The highest BCUT2D eigenvalue weighted by Crippen LogP contribution is 2.38. The summed E-state index contributed by atoms with van der Waals surface area (Å²) in [6, 6.07) is -0.143. The summed E-state index contributed by atoms with van der Waals surface area (Å²) in [5.74, 6) is -0.683. The van der Waals surface area contributed by atoms with Crippen molar-refractivity contribution in [3.8, 4) is 0 Å². The molecule has 1 aromatic rings. The second kappa shape index (κ2) is 6.28. The molecule has 2 unspecified atom stereocenters. The standard InChI is InChI=1S/C13H20F3N3S/c1-8(2)6-11-18-19-12(20-11)17-10-5-3-4-9(7-10)13(14,15)16/h8-10H,3-7H2,1-2H3,(H,17,19). The molecule has 0 radical (unpaired) electrons. The van der Waals surface area contributed by atoms with E-state index in [1.54, 1.807) is 0 Å². The van der Waals surface area contributed by atoms with Crippen LogP contribution in [0.4, 0.5) is 18.3 Å². The predicted molar refractivity (Wildman–Crippen MR) is 73.9 cm³/mol. The number of nitrogens with zero attached hydrogens (tertiary/aromatic N) is 2. The SMILES string of the molecule is CC(C)Cc1nnc(NC2CCCC(C(F)(F)F)C2)s1. The molecule has 0 bridgehead atoms. The zero-order chi connectivity index (χ0) is 14.8. The summed E-state index contributed by atoms with van der Waals surface area (Å²) >= 11 is 1.45. The summed E-state index contributed by atoms with van der Waals surface area (Å²) in [5, 5.41) is 12.8. The van der Waals surface area contributed by atoms with E-state index in [4.69, 9.17) is 0 Å². The topological polar surface area (TPSA) is 37.8 Å². The number of halogens is 3. The van der Waals surface area contributed by atoms with E-state index in [1.165, 1.54) is 11.3 Å². The van der Waals surface area contributed by atoms with Crippen LogP contribution in [-0.4, -0.2) is 22.4 Å². The van der Waals surface area contributed by atoms with Crippen LogP contribution in [0.15, 0.2) is 0 Å². The van der Waals surface area contributed by atoms with Crippen LogP contribution in [-0.2, 0) is 6.42 Å². The third-order valence-corrected chi connectivity index (χ3v) is 4.39. The molecule has 1 fully saturated rings. The Hall–Kier alpha value is -0.850. The molecule has 0 saturated heterocycles. The van der Waals surface area contributed by atoms with Gasteiger partial charge < -0.3 is 5.32 Å². The Morgan fingerprint density at radius 1 is 1.30 bits per heavy atom. The predicted octanol–water partition coefficient (Wildman–Crippen LogP) is 4.27. The molecule has 2 rings (SSSR count). The highest BCUT2D eigenvalue weighted by atomic mass is 32.1. The minimum absolute atomic E-state index is 0.141. The van der Waals surface area contributed by atoms with Gasteiger partial charge in [0.25, 0.3) is 0 Å². The summed E-state index contributed by atoms with van der Waals surface area (Å²) in [5.41, 5.74) is 0. The number of aromatic nitrogens is 2.